The van der Waals surface area contributed by atoms with Crippen LogP contribution in [0.4, 0.5) is 5.69 Å². The molecule has 0 bridgehead atoms. The number of rotatable bonds is 8. The SMILES string of the molecule is COC(=O)C(C(=O)OC)C(NCCc1ccc(N)cc1)OC. The van der Waals surface area contributed by atoms with Gasteiger partial charge in [-0.2, -0.15) is 0 Å². The van der Waals surface area contributed by atoms with Gasteiger partial charge in [0.15, 0.2) is 5.92 Å². The number of nitrogen functional groups attached to an aromatic ring is 1. The van der Waals surface area contributed by atoms with Crippen LogP contribution in [0.2, 0.25) is 0 Å². The highest BCUT2D eigenvalue weighted by atomic mass is 16.6. The summed E-state index contributed by atoms with van der Waals surface area (Å²) in [5.74, 6) is -2.59. The van der Waals surface area contributed by atoms with Crippen molar-refractivity contribution in [3.8, 4) is 0 Å². The Kier molecular flexibility index (Phi) is 7.34. The van der Waals surface area contributed by atoms with E-state index < -0.39 is 24.1 Å². The number of nitrogens with one attached hydrogen (secondary N) is 1. The van der Waals surface area contributed by atoms with E-state index in [4.69, 9.17) is 10.5 Å². The minimum absolute atomic E-state index is 0.507. The summed E-state index contributed by atoms with van der Waals surface area (Å²) in [7, 11) is 3.82. The zero-order valence-electron chi connectivity index (χ0n) is 13.0. The van der Waals surface area contributed by atoms with Crippen molar-refractivity contribution >= 4 is 17.6 Å². The quantitative estimate of drug-likeness (QED) is 0.309. The number of nitrogens with two attached hydrogens (primary N) is 1. The van der Waals surface area contributed by atoms with Crippen LogP contribution in [0, 0.1) is 5.92 Å². The summed E-state index contributed by atoms with van der Waals surface area (Å²) in [5, 5.41) is 3.01. The van der Waals surface area contributed by atoms with E-state index >= 15 is 0 Å². The van der Waals surface area contributed by atoms with Crippen molar-refractivity contribution in [2.45, 2.75) is 12.6 Å². The van der Waals surface area contributed by atoms with Crippen LogP contribution in [-0.2, 0) is 30.2 Å². The van der Waals surface area contributed by atoms with Crippen LogP contribution in [0.1, 0.15) is 5.56 Å². The topological polar surface area (TPSA) is 99.9 Å². The highest BCUT2D eigenvalue weighted by molar-refractivity contribution is 5.95. The molecule has 0 aromatic heterocycles. The van der Waals surface area contributed by atoms with Crippen LogP contribution in [0.3, 0.4) is 0 Å². The van der Waals surface area contributed by atoms with Crippen molar-refractivity contribution in [3.05, 3.63) is 29.8 Å². The number of methoxy groups -OCH3 is 3. The lowest BCUT2D eigenvalue weighted by atomic mass is 10.1. The van der Waals surface area contributed by atoms with Crippen molar-refractivity contribution in [1.29, 1.82) is 0 Å². The first-order chi connectivity index (χ1) is 10.5. The number of ether oxygens (including phenoxy) is 3. The maximum Gasteiger partial charge on any atom is 0.324 e. The number of carbonyl (C=O) groups excluding carboxylic acids is 2. The van der Waals surface area contributed by atoms with Gasteiger partial charge in [-0.1, -0.05) is 12.1 Å². The third kappa shape index (κ3) is 5.01. The van der Waals surface area contributed by atoms with Crippen LogP contribution in [0.15, 0.2) is 24.3 Å². The highest BCUT2D eigenvalue weighted by Crippen LogP contribution is 2.11. The molecule has 1 rings (SSSR count). The Morgan fingerprint density at radius 3 is 2.09 bits per heavy atom. The van der Waals surface area contributed by atoms with Gasteiger partial charge in [0, 0.05) is 19.3 Å². The normalized spacial score (nSPS) is 12.0. The van der Waals surface area contributed by atoms with E-state index in [2.05, 4.69) is 14.8 Å². The second-order valence-electron chi connectivity index (χ2n) is 4.63. The Bertz CT molecular complexity index is 473. The molecule has 0 fully saturated rings. The maximum absolute atomic E-state index is 11.7. The van der Waals surface area contributed by atoms with E-state index in [1.54, 1.807) is 0 Å². The first-order valence-electron chi connectivity index (χ1n) is 6.79. The molecule has 1 aromatic rings. The maximum atomic E-state index is 11.7. The Labute approximate surface area is 129 Å². The Balaban J connectivity index is 2.63. The Morgan fingerprint density at radius 1 is 1.09 bits per heavy atom. The molecule has 1 aromatic carbocycles. The van der Waals surface area contributed by atoms with E-state index in [-0.39, 0.29) is 0 Å². The first-order valence-corrected chi connectivity index (χ1v) is 6.79. The molecule has 1 unspecified atom stereocenters. The van der Waals surface area contributed by atoms with Crippen LogP contribution in [0.5, 0.6) is 0 Å². The lowest BCUT2D eigenvalue weighted by Gasteiger charge is -2.23. The summed E-state index contributed by atoms with van der Waals surface area (Å²) in [6, 6.07) is 7.46. The van der Waals surface area contributed by atoms with Crippen LogP contribution in [-0.4, -0.2) is 46.0 Å². The third-order valence-corrected chi connectivity index (χ3v) is 3.21. The van der Waals surface area contributed by atoms with Crippen LogP contribution in [0.25, 0.3) is 0 Å². The smallest absolute Gasteiger partial charge is 0.324 e. The van der Waals surface area contributed by atoms with Gasteiger partial charge in [0.25, 0.3) is 0 Å². The molecule has 0 aliphatic carbocycles. The third-order valence-electron chi connectivity index (χ3n) is 3.21. The molecule has 122 valence electrons. The molecule has 0 heterocycles. The van der Waals surface area contributed by atoms with Gasteiger partial charge < -0.3 is 19.9 Å². The summed E-state index contributed by atoms with van der Waals surface area (Å²) >= 11 is 0. The number of carbonyl (C=O) groups is 2. The van der Waals surface area contributed by atoms with Gasteiger partial charge >= 0.3 is 11.9 Å². The highest BCUT2D eigenvalue weighted by Gasteiger charge is 2.37. The van der Waals surface area contributed by atoms with E-state index in [1.807, 2.05) is 24.3 Å². The molecule has 7 nitrogen and oxygen atoms in total. The van der Waals surface area contributed by atoms with Crippen molar-refractivity contribution in [3.63, 3.8) is 0 Å². The standard InChI is InChI=1S/C15H22N2O5/c1-20-13(12(14(18)21-2)15(19)22-3)17-9-8-10-4-6-11(16)7-5-10/h4-7,12-13,17H,8-9,16H2,1-3H3. The average molecular weight is 310 g/mol. The van der Waals surface area contributed by atoms with E-state index in [0.717, 1.165) is 5.56 Å². The molecule has 0 aliphatic heterocycles. The summed E-state index contributed by atoms with van der Waals surface area (Å²) in [4.78, 5) is 23.5. The van der Waals surface area contributed by atoms with Gasteiger partial charge in [-0.15, -0.1) is 0 Å². The predicted octanol–water partition coefficient (Wildman–Crippen LogP) is 0.336. The van der Waals surface area contributed by atoms with Crippen molar-refractivity contribution < 1.29 is 23.8 Å². The van der Waals surface area contributed by atoms with Crippen molar-refractivity contribution in [1.82, 2.24) is 5.32 Å². The number of hydrogen-bond acceptors (Lipinski definition) is 7. The summed E-state index contributed by atoms with van der Waals surface area (Å²) in [6.45, 7) is 0.507. The molecule has 0 radical (unpaired) electrons. The second-order valence-corrected chi connectivity index (χ2v) is 4.63. The number of hydrogen-bond donors (Lipinski definition) is 2. The fourth-order valence-corrected chi connectivity index (χ4v) is 1.98. The zero-order valence-corrected chi connectivity index (χ0v) is 13.0. The van der Waals surface area contributed by atoms with Crippen molar-refractivity contribution in [2.75, 3.05) is 33.6 Å². The van der Waals surface area contributed by atoms with E-state index in [9.17, 15) is 9.59 Å². The van der Waals surface area contributed by atoms with Gasteiger partial charge in [-0.3, -0.25) is 14.9 Å². The molecular weight excluding hydrogens is 288 g/mol. The summed E-state index contributed by atoms with van der Waals surface area (Å²) in [6.07, 6.45) is -0.136. The van der Waals surface area contributed by atoms with Gasteiger partial charge in [-0.25, -0.2) is 0 Å². The zero-order chi connectivity index (χ0) is 16.5. The van der Waals surface area contributed by atoms with E-state index in [0.29, 0.717) is 18.7 Å². The Morgan fingerprint density at radius 2 is 1.64 bits per heavy atom. The molecule has 0 saturated heterocycles. The van der Waals surface area contributed by atoms with E-state index in [1.165, 1.54) is 21.3 Å². The van der Waals surface area contributed by atoms with Crippen LogP contribution < -0.4 is 11.1 Å². The lowest BCUT2D eigenvalue weighted by molar-refractivity contribution is -0.166. The minimum Gasteiger partial charge on any atom is -0.468 e. The van der Waals surface area contributed by atoms with Gasteiger partial charge in [0.05, 0.1) is 14.2 Å². The molecule has 7 heteroatoms. The van der Waals surface area contributed by atoms with Gasteiger partial charge in [0.2, 0.25) is 0 Å². The Hall–Kier alpha value is -2.12. The van der Waals surface area contributed by atoms with Crippen LogP contribution >= 0.6 is 0 Å². The molecule has 0 aliphatic rings. The fraction of sp³-hybridized carbons (Fsp3) is 0.467. The largest absolute Gasteiger partial charge is 0.468 e. The second kappa shape index (κ2) is 9.01. The lowest BCUT2D eigenvalue weighted by Crippen LogP contribution is -2.47. The molecule has 22 heavy (non-hydrogen) atoms. The van der Waals surface area contributed by atoms with Crippen molar-refractivity contribution in [2.24, 2.45) is 5.92 Å². The van der Waals surface area contributed by atoms with Gasteiger partial charge in [0.1, 0.15) is 6.23 Å². The fourth-order valence-electron chi connectivity index (χ4n) is 1.98. The molecular formula is C15H22N2O5. The molecule has 1 atom stereocenters. The van der Waals surface area contributed by atoms with Gasteiger partial charge in [-0.05, 0) is 24.1 Å². The number of benzene rings is 1. The number of anilines is 1. The number of esters is 2. The monoisotopic (exact) mass is 310 g/mol. The summed E-state index contributed by atoms with van der Waals surface area (Å²) < 4.78 is 14.4. The first kappa shape index (κ1) is 17.9. The minimum atomic E-state index is -1.17. The molecule has 0 spiro atoms. The molecule has 0 saturated carbocycles. The molecule has 0 amide bonds. The molecule has 3 N–H and O–H groups in total. The summed E-state index contributed by atoms with van der Waals surface area (Å²) in [5.41, 5.74) is 7.39. The average Bonchev–Trinajstić information content (AvgIpc) is 2.54. The predicted molar refractivity (Wildman–Crippen MR) is 80.9 cm³/mol.